The maximum Gasteiger partial charge on any atom is 0.407 e. The lowest BCUT2D eigenvalue weighted by atomic mass is 10.1. The molecule has 0 saturated heterocycles. The Kier molecular flexibility index (Phi) is 18.7. The summed E-state index contributed by atoms with van der Waals surface area (Å²) in [5, 5.41) is 12.5. The van der Waals surface area contributed by atoms with Gasteiger partial charge in [0.25, 0.3) is 0 Å². The number of hydrogen-bond acceptors (Lipinski definition) is 4. The van der Waals surface area contributed by atoms with Gasteiger partial charge in [0, 0.05) is 49.5 Å². The van der Waals surface area contributed by atoms with Crippen LogP contribution < -0.4 is 5.32 Å². The van der Waals surface area contributed by atoms with E-state index in [1.165, 1.54) is 22.4 Å². The molecule has 2 aromatic carbocycles. The molecular weight excluding hydrogens is 576 g/mol. The van der Waals surface area contributed by atoms with Gasteiger partial charge >= 0.3 is 6.09 Å². The summed E-state index contributed by atoms with van der Waals surface area (Å²) in [5.41, 5.74) is 2.63. The van der Waals surface area contributed by atoms with Gasteiger partial charge in [0.15, 0.2) is 0 Å². The molecule has 1 amide bonds. The van der Waals surface area contributed by atoms with Gasteiger partial charge in [-0.15, -0.1) is 0 Å². The van der Waals surface area contributed by atoms with Gasteiger partial charge in [0.05, 0.1) is 0 Å². The highest BCUT2D eigenvalue weighted by molar-refractivity contribution is 9.10. The monoisotopic (exact) mass is 614 g/mol. The average molecular weight is 616 g/mol. The highest BCUT2D eigenvalue weighted by Crippen LogP contribution is 2.13. The van der Waals surface area contributed by atoms with E-state index in [9.17, 15) is 4.79 Å². The fraction of sp³-hybridized carbons (Fsp3) is 0.519. The number of carboxylic acid groups (broad SMARTS) is 1. The third-order valence-corrected chi connectivity index (χ3v) is 6.35. The lowest BCUT2D eigenvalue weighted by molar-refractivity contribution is 0.133. The first-order chi connectivity index (χ1) is 17.0. The number of nitrogens with zero attached hydrogens (tertiary/aromatic N) is 1. The van der Waals surface area contributed by atoms with Crippen LogP contribution in [0.4, 0.5) is 4.79 Å². The van der Waals surface area contributed by atoms with Gasteiger partial charge in [0.1, 0.15) is 0 Å². The standard InChI is InChI=1S/C14H20BrNO3.C13H20BrNO/c1-19-11-3-10-16(14(17)18)9-2-4-12-5-7-13(15)8-6-12;1-16-11-3-10-15-9-2-4-12-5-7-13(14)8-6-12/h5-8H,2-4,9-11H2,1H3,(H,17,18);5-8,15H,2-4,9-11H2,1H3. The summed E-state index contributed by atoms with van der Waals surface area (Å²) >= 11 is 6.83. The molecule has 0 aliphatic rings. The molecular formula is C27H40Br2N2O4. The van der Waals surface area contributed by atoms with Crippen molar-refractivity contribution in [2.24, 2.45) is 0 Å². The van der Waals surface area contributed by atoms with Crippen molar-refractivity contribution >= 4 is 38.0 Å². The molecule has 0 atom stereocenters. The van der Waals surface area contributed by atoms with Gasteiger partial charge in [-0.05, 0) is 87.0 Å². The molecule has 0 unspecified atom stereocenters. The van der Waals surface area contributed by atoms with Crippen LogP contribution >= 0.6 is 31.9 Å². The van der Waals surface area contributed by atoms with Gasteiger partial charge in [0.2, 0.25) is 0 Å². The molecule has 8 heteroatoms. The number of hydrogen-bond donors (Lipinski definition) is 2. The fourth-order valence-corrected chi connectivity index (χ4v) is 3.89. The summed E-state index contributed by atoms with van der Waals surface area (Å²) < 4.78 is 12.1. The lowest BCUT2D eigenvalue weighted by Crippen LogP contribution is -2.32. The van der Waals surface area contributed by atoms with Crippen molar-refractivity contribution in [1.29, 1.82) is 0 Å². The first-order valence-corrected chi connectivity index (χ1v) is 13.7. The third kappa shape index (κ3) is 16.8. The Morgan fingerprint density at radius 1 is 0.771 bits per heavy atom. The van der Waals surface area contributed by atoms with Crippen molar-refractivity contribution in [2.75, 3.05) is 53.6 Å². The topological polar surface area (TPSA) is 71.0 Å². The van der Waals surface area contributed by atoms with Gasteiger partial charge in [-0.2, -0.15) is 0 Å². The summed E-state index contributed by atoms with van der Waals surface area (Å²) in [4.78, 5) is 12.5. The van der Waals surface area contributed by atoms with Gasteiger partial charge in [-0.25, -0.2) is 4.79 Å². The van der Waals surface area contributed by atoms with Crippen LogP contribution in [0.3, 0.4) is 0 Å². The Hall–Kier alpha value is -1.45. The minimum Gasteiger partial charge on any atom is -0.465 e. The second-order valence-corrected chi connectivity index (χ2v) is 10.0. The van der Waals surface area contributed by atoms with Crippen molar-refractivity contribution in [2.45, 2.75) is 38.5 Å². The molecule has 0 aliphatic carbocycles. The van der Waals surface area contributed by atoms with E-state index in [-0.39, 0.29) is 0 Å². The minimum atomic E-state index is -0.855. The Morgan fingerprint density at radius 3 is 1.74 bits per heavy atom. The van der Waals surface area contributed by atoms with Gasteiger partial charge in [-0.1, -0.05) is 56.1 Å². The predicted molar refractivity (Wildman–Crippen MR) is 150 cm³/mol. The smallest absolute Gasteiger partial charge is 0.407 e. The molecule has 2 rings (SSSR count). The summed E-state index contributed by atoms with van der Waals surface area (Å²) in [7, 11) is 3.37. The van der Waals surface area contributed by atoms with Crippen molar-refractivity contribution in [3.63, 3.8) is 0 Å². The Bertz CT molecular complexity index is 789. The number of rotatable bonds is 16. The lowest BCUT2D eigenvalue weighted by Gasteiger charge is -2.18. The zero-order chi connectivity index (χ0) is 25.7. The number of amides is 1. The van der Waals surface area contributed by atoms with Gasteiger partial charge < -0.3 is 24.8 Å². The van der Waals surface area contributed by atoms with Crippen LogP contribution in [0.15, 0.2) is 57.5 Å². The summed E-state index contributed by atoms with van der Waals surface area (Å²) in [6.45, 7) is 4.67. The van der Waals surface area contributed by atoms with Crippen LogP contribution in [-0.2, 0) is 22.3 Å². The van der Waals surface area contributed by atoms with E-state index >= 15 is 0 Å². The van der Waals surface area contributed by atoms with E-state index in [2.05, 4.69) is 73.6 Å². The largest absolute Gasteiger partial charge is 0.465 e. The molecule has 0 spiro atoms. The third-order valence-electron chi connectivity index (χ3n) is 5.29. The first-order valence-electron chi connectivity index (χ1n) is 12.1. The zero-order valence-electron chi connectivity index (χ0n) is 21.0. The van der Waals surface area contributed by atoms with E-state index in [1.54, 1.807) is 14.2 Å². The SMILES string of the molecule is COCCCN(CCCc1ccc(Br)cc1)C(=O)O.COCCCNCCCc1ccc(Br)cc1. The van der Waals surface area contributed by atoms with Gasteiger partial charge in [-0.3, -0.25) is 0 Å². The molecule has 196 valence electrons. The molecule has 0 heterocycles. The molecule has 0 radical (unpaired) electrons. The number of aryl methyl sites for hydroxylation is 2. The van der Waals surface area contributed by atoms with Crippen LogP contribution in [0.25, 0.3) is 0 Å². The highest BCUT2D eigenvalue weighted by atomic mass is 79.9. The Balaban J connectivity index is 0.000000355. The van der Waals surface area contributed by atoms with E-state index < -0.39 is 6.09 Å². The Labute approximate surface area is 227 Å². The van der Waals surface area contributed by atoms with E-state index in [0.717, 1.165) is 60.7 Å². The first kappa shape index (κ1) is 31.6. The molecule has 35 heavy (non-hydrogen) atoms. The predicted octanol–water partition coefficient (Wildman–Crippen LogP) is 6.41. The highest BCUT2D eigenvalue weighted by Gasteiger charge is 2.10. The van der Waals surface area contributed by atoms with Crippen LogP contribution in [0.2, 0.25) is 0 Å². The van der Waals surface area contributed by atoms with Crippen molar-refractivity contribution in [3.8, 4) is 0 Å². The number of halogens is 2. The van der Waals surface area contributed by atoms with E-state index in [1.807, 2.05) is 12.1 Å². The molecule has 2 N–H and O–H groups in total. The molecule has 0 bridgehead atoms. The number of ether oxygens (including phenoxy) is 2. The normalized spacial score (nSPS) is 10.5. The Morgan fingerprint density at radius 2 is 1.23 bits per heavy atom. The number of nitrogens with one attached hydrogen (secondary N) is 1. The molecule has 6 nitrogen and oxygen atoms in total. The molecule has 2 aromatic rings. The van der Waals surface area contributed by atoms with Crippen molar-refractivity contribution in [1.82, 2.24) is 10.2 Å². The second kappa shape index (κ2) is 20.7. The van der Waals surface area contributed by atoms with Crippen molar-refractivity contribution < 1.29 is 19.4 Å². The molecule has 0 aliphatic heterocycles. The van der Waals surface area contributed by atoms with Crippen LogP contribution in [-0.4, -0.2) is 69.7 Å². The zero-order valence-corrected chi connectivity index (χ0v) is 24.2. The van der Waals surface area contributed by atoms with Crippen molar-refractivity contribution in [3.05, 3.63) is 68.6 Å². The summed E-state index contributed by atoms with van der Waals surface area (Å²) in [6.07, 6.45) is 5.03. The summed E-state index contributed by atoms with van der Waals surface area (Å²) in [6, 6.07) is 16.7. The maximum atomic E-state index is 11.1. The maximum absolute atomic E-state index is 11.1. The number of carbonyl (C=O) groups is 1. The quantitative estimate of drug-likeness (QED) is 0.214. The number of methoxy groups -OCH3 is 2. The van der Waals surface area contributed by atoms with Crippen LogP contribution in [0.5, 0.6) is 0 Å². The average Bonchev–Trinajstić information content (AvgIpc) is 2.85. The molecule has 0 fully saturated rings. The van der Waals surface area contributed by atoms with E-state index in [0.29, 0.717) is 19.7 Å². The molecule has 0 aromatic heterocycles. The minimum absolute atomic E-state index is 0.531. The fourth-order valence-electron chi connectivity index (χ4n) is 3.36. The second-order valence-electron chi connectivity index (χ2n) is 8.17. The van der Waals surface area contributed by atoms with E-state index in [4.69, 9.17) is 14.6 Å². The molecule has 0 saturated carbocycles. The number of benzene rings is 2. The van der Waals surface area contributed by atoms with Crippen LogP contribution in [0, 0.1) is 0 Å². The summed E-state index contributed by atoms with van der Waals surface area (Å²) in [5.74, 6) is 0. The van der Waals surface area contributed by atoms with Crippen LogP contribution in [0.1, 0.15) is 36.8 Å².